The van der Waals surface area contributed by atoms with Gasteiger partial charge in [0.05, 0.1) is 19.3 Å². The second-order valence-electron chi connectivity index (χ2n) is 5.45. The molecule has 0 bridgehead atoms. The molecule has 1 aliphatic rings. The summed E-state index contributed by atoms with van der Waals surface area (Å²) in [4.78, 5) is 25.7. The summed E-state index contributed by atoms with van der Waals surface area (Å²) in [6.07, 6.45) is 3.25. The SMILES string of the molecule is COc1ccc(C)cc1NC(=O)NCC(=O)N1CCCCC1. The van der Waals surface area contributed by atoms with Crippen molar-refractivity contribution in [3.63, 3.8) is 0 Å². The average molecular weight is 305 g/mol. The number of nitrogens with zero attached hydrogens (tertiary/aromatic N) is 1. The summed E-state index contributed by atoms with van der Waals surface area (Å²) in [5.74, 6) is 0.550. The van der Waals surface area contributed by atoms with Gasteiger partial charge >= 0.3 is 6.03 Å². The maximum absolute atomic E-state index is 12.0. The zero-order valence-corrected chi connectivity index (χ0v) is 13.1. The van der Waals surface area contributed by atoms with E-state index in [-0.39, 0.29) is 12.5 Å². The fourth-order valence-electron chi connectivity index (χ4n) is 2.50. The van der Waals surface area contributed by atoms with Crippen molar-refractivity contribution in [1.29, 1.82) is 0 Å². The minimum absolute atomic E-state index is 0.0139. The highest BCUT2D eigenvalue weighted by Gasteiger charge is 2.17. The third kappa shape index (κ3) is 4.38. The maximum atomic E-state index is 12.0. The third-order valence-corrected chi connectivity index (χ3v) is 3.71. The van der Waals surface area contributed by atoms with Crippen molar-refractivity contribution in [2.24, 2.45) is 0 Å². The lowest BCUT2D eigenvalue weighted by Crippen LogP contribution is -2.43. The van der Waals surface area contributed by atoms with E-state index in [4.69, 9.17) is 4.74 Å². The zero-order valence-electron chi connectivity index (χ0n) is 13.1. The number of rotatable bonds is 4. The van der Waals surface area contributed by atoms with Gasteiger partial charge in [0.25, 0.3) is 0 Å². The number of nitrogens with one attached hydrogen (secondary N) is 2. The van der Waals surface area contributed by atoms with Crippen LogP contribution in [0.2, 0.25) is 0 Å². The maximum Gasteiger partial charge on any atom is 0.319 e. The smallest absolute Gasteiger partial charge is 0.319 e. The predicted octanol–water partition coefficient (Wildman–Crippen LogP) is 2.14. The Hall–Kier alpha value is -2.24. The Morgan fingerprint density at radius 2 is 1.95 bits per heavy atom. The van der Waals surface area contributed by atoms with Crippen molar-refractivity contribution in [2.75, 3.05) is 32.1 Å². The van der Waals surface area contributed by atoms with Gasteiger partial charge in [0.1, 0.15) is 5.75 Å². The van der Waals surface area contributed by atoms with Gasteiger partial charge in [0.15, 0.2) is 0 Å². The highest BCUT2D eigenvalue weighted by atomic mass is 16.5. The molecule has 22 heavy (non-hydrogen) atoms. The lowest BCUT2D eigenvalue weighted by Gasteiger charge is -2.26. The normalized spacial score (nSPS) is 14.4. The van der Waals surface area contributed by atoms with Gasteiger partial charge in [0, 0.05) is 13.1 Å². The van der Waals surface area contributed by atoms with Crippen molar-refractivity contribution < 1.29 is 14.3 Å². The topological polar surface area (TPSA) is 70.7 Å². The molecule has 0 spiro atoms. The van der Waals surface area contributed by atoms with E-state index in [2.05, 4.69) is 10.6 Å². The molecule has 0 aliphatic carbocycles. The molecule has 0 saturated carbocycles. The first kappa shape index (κ1) is 16.1. The third-order valence-electron chi connectivity index (χ3n) is 3.71. The molecule has 120 valence electrons. The molecule has 2 rings (SSSR count). The van der Waals surface area contributed by atoms with Crippen molar-refractivity contribution in [1.82, 2.24) is 10.2 Å². The highest BCUT2D eigenvalue weighted by molar-refractivity contribution is 5.93. The Balaban J connectivity index is 1.85. The Morgan fingerprint density at radius 1 is 1.23 bits per heavy atom. The van der Waals surface area contributed by atoms with Crippen LogP contribution >= 0.6 is 0 Å². The zero-order chi connectivity index (χ0) is 15.9. The largest absolute Gasteiger partial charge is 0.495 e. The van der Waals surface area contributed by atoms with Gasteiger partial charge in [-0.3, -0.25) is 4.79 Å². The van der Waals surface area contributed by atoms with Crippen LogP contribution in [-0.2, 0) is 4.79 Å². The number of urea groups is 1. The van der Waals surface area contributed by atoms with Gasteiger partial charge in [-0.15, -0.1) is 0 Å². The molecule has 3 amide bonds. The number of likely N-dealkylation sites (tertiary alicyclic amines) is 1. The van der Waals surface area contributed by atoms with E-state index in [1.807, 2.05) is 19.1 Å². The van der Waals surface area contributed by atoms with Crippen molar-refractivity contribution in [3.05, 3.63) is 23.8 Å². The number of hydrogen-bond acceptors (Lipinski definition) is 3. The molecule has 0 aromatic heterocycles. The molecular weight excluding hydrogens is 282 g/mol. The molecule has 1 aromatic rings. The lowest BCUT2D eigenvalue weighted by atomic mass is 10.1. The van der Waals surface area contributed by atoms with Crippen LogP contribution in [0.25, 0.3) is 0 Å². The Labute approximate surface area is 130 Å². The van der Waals surface area contributed by atoms with E-state index >= 15 is 0 Å². The molecule has 1 aromatic carbocycles. The van der Waals surface area contributed by atoms with Crippen LogP contribution in [0, 0.1) is 6.92 Å². The monoisotopic (exact) mass is 305 g/mol. The predicted molar refractivity (Wildman–Crippen MR) is 85.2 cm³/mol. The number of benzene rings is 1. The van der Waals surface area contributed by atoms with Gasteiger partial charge in [-0.25, -0.2) is 4.79 Å². The van der Waals surface area contributed by atoms with Gasteiger partial charge in [-0.05, 0) is 43.9 Å². The number of hydrogen-bond donors (Lipinski definition) is 2. The molecule has 6 nitrogen and oxygen atoms in total. The van der Waals surface area contributed by atoms with Crippen molar-refractivity contribution >= 4 is 17.6 Å². The molecule has 0 unspecified atom stereocenters. The van der Waals surface area contributed by atoms with Crippen molar-refractivity contribution in [3.8, 4) is 5.75 Å². The molecule has 6 heteroatoms. The summed E-state index contributed by atoms with van der Waals surface area (Å²) >= 11 is 0. The second-order valence-corrected chi connectivity index (χ2v) is 5.45. The fourth-order valence-corrected chi connectivity index (χ4v) is 2.50. The highest BCUT2D eigenvalue weighted by Crippen LogP contribution is 2.24. The first-order valence-electron chi connectivity index (χ1n) is 7.57. The van der Waals surface area contributed by atoms with Crippen LogP contribution in [0.5, 0.6) is 5.75 Å². The number of anilines is 1. The van der Waals surface area contributed by atoms with Gasteiger partial charge < -0.3 is 20.3 Å². The van der Waals surface area contributed by atoms with E-state index in [9.17, 15) is 9.59 Å². The minimum atomic E-state index is -0.408. The summed E-state index contributed by atoms with van der Waals surface area (Å²) in [5.41, 5.74) is 1.60. The molecule has 1 saturated heterocycles. The van der Waals surface area contributed by atoms with Crippen LogP contribution in [0.3, 0.4) is 0 Å². The minimum Gasteiger partial charge on any atom is -0.495 e. The standard InChI is InChI=1S/C16H23N3O3/c1-12-6-7-14(22-2)13(10-12)18-16(21)17-11-15(20)19-8-4-3-5-9-19/h6-7,10H,3-5,8-9,11H2,1-2H3,(H2,17,18,21). The van der Waals surface area contributed by atoms with E-state index in [0.717, 1.165) is 31.5 Å². The van der Waals surface area contributed by atoms with Gasteiger partial charge in [-0.1, -0.05) is 6.07 Å². The Morgan fingerprint density at radius 3 is 2.64 bits per heavy atom. The van der Waals surface area contributed by atoms with Gasteiger partial charge in [-0.2, -0.15) is 0 Å². The number of methoxy groups -OCH3 is 1. The van der Waals surface area contributed by atoms with E-state index in [1.165, 1.54) is 6.42 Å². The number of carbonyl (C=O) groups excluding carboxylic acids is 2. The number of ether oxygens (including phenoxy) is 1. The molecular formula is C16H23N3O3. The first-order chi connectivity index (χ1) is 10.6. The number of amides is 3. The molecule has 0 atom stereocenters. The number of aryl methyl sites for hydroxylation is 1. The first-order valence-corrected chi connectivity index (χ1v) is 7.57. The van der Waals surface area contributed by atoms with Crippen LogP contribution in [0.1, 0.15) is 24.8 Å². The average Bonchev–Trinajstić information content (AvgIpc) is 2.53. The molecule has 0 radical (unpaired) electrons. The Kier molecular flexibility index (Phi) is 5.63. The fraction of sp³-hybridized carbons (Fsp3) is 0.500. The second kappa shape index (κ2) is 7.68. The molecule has 1 heterocycles. The van der Waals surface area contributed by atoms with Crippen LogP contribution in [0.15, 0.2) is 18.2 Å². The number of carbonyl (C=O) groups is 2. The summed E-state index contributed by atoms with van der Waals surface area (Å²) < 4.78 is 5.20. The van der Waals surface area contributed by atoms with Crippen molar-refractivity contribution in [2.45, 2.75) is 26.2 Å². The summed E-state index contributed by atoms with van der Waals surface area (Å²) in [6, 6.07) is 5.12. The quantitative estimate of drug-likeness (QED) is 0.895. The van der Waals surface area contributed by atoms with Crippen LogP contribution in [0.4, 0.5) is 10.5 Å². The number of piperidine rings is 1. The van der Waals surface area contributed by atoms with E-state index < -0.39 is 6.03 Å². The molecule has 1 fully saturated rings. The summed E-state index contributed by atoms with van der Waals surface area (Å²) in [5, 5.41) is 5.32. The summed E-state index contributed by atoms with van der Waals surface area (Å²) in [6.45, 7) is 3.52. The van der Waals surface area contributed by atoms with Crippen LogP contribution < -0.4 is 15.4 Å². The lowest BCUT2D eigenvalue weighted by molar-refractivity contribution is -0.130. The Bertz CT molecular complexity index is 539. The van der Waals surface area contributed by atoms with E-state index in [1.54, 1.807) is 18.1 Å². The summed E-state index contributed by atoms with van der Waals surface area (Å²) in [7, 11) is 1.55. The molecule has 1 aliphatic heterocycles. The van der Waals surface area contributed by atoms with E-state index in [0.29, 0.717) is 11.4 Å². The molecule has 2 N–H and O–H groups in total. The van der Waals surface area contributed by atoms with Gasteiger partial charge in [0.2, 0.25) is 5.91 Å². The van der Waals surface area contributed by atoms with Crippen LogP contribution in [-0.4, -0.2) is 43.6 Å².